The van der Waals surface area contributed by atoms with E-state index in [1.807, 2.05) is 110 Å². The van der Waals surface area contributed by atoms with Gasteiger partial charge in [-0.3, -0.25) is 0 Å². The quantitative estimate of drug-likeness (QED) is 0.163. The van der Waals surface area contributed by atoms with Crippen LogP contribution in [0.25, 0.3) is 21.9 Å². The summed E-state index contributed by atoms with van der Waals surface area (Å²) < 4.78 is 12.4. The Morgan fingerprint density at radius 2 is 1.65 bits per heavy atom. The Hall–Kier alpha value is -4.54. The maximum absolute atomic E-state index is 6.38. The van der Waals surface area contributed by atoms with Crippen LogP contribution < -0.4 is 14.5 Å². The van der Waals surface area contributed by atoms with Gasteiger partial charge in [-0.1, -0.05) is 64.9 Å². The summed E-state index contributed by atoms with van der Waals surface area (Å²) in [5, 5.41) is 2.06. The smallest absolute Gasteiger partial charge is 0.216 e. The molecule has 0 radical (unpaired) electrons. The minimum Gasteiger partial charge on any atom is -0.510 e. The van der Waals surface area contributed by atoms with Gasteiger partial charge in [0.2, 0.25) is 5.88 Å². The van der Waals surface area contributed by atoms with E-state index in [4.69, 9.17) is 9.15 Å². The Morgan fingerprint density at radius 1 is 0.825 bits per heavy atom. The third kappa shape index (κ3) is 4.83. The molecule has 0 aliphatic carbocycles. The number of pyridine rings is 1. The topological polar surface area (TPSA) is 45.0 Å². The van der Waals surface area contributed by atoms with Gasteiger partial charge >= 0.3 is 0 Å². The number of aromatic nitrogens is 1. The zero-order chi connectivity index (χ0) is 26.2. The van der Waals surface area contributed by atoms with Crippen molar-refractivity contribution >= 4 is 44.7 Å². The van der Waals surface area contributed by atoms with Gasteiger partial charge in [0.15, 0.2) is 0 Å². The van der Waals surface area contributed by atoms with Gasteiger partial charge in [0.25, 0.3) is 0 Å². The standard InChI is InChI=1S/C33H23N4O2.Pt/c1-35-18-19-36(23-35)29-21-26(22-31-33(29)28-14-5-6-15-30(28)39-31)37(24-10-3-2-4-11-24)25-12-9-13-27(20-25)38-32-16-7-8-17-34-32;/h2-19,22-23H,1H3;/q-3;. The van der Waals surface area contributed by atoms with Crippen molar-refractivity contribution in [2.75, 3.05) is 16.8 Å². The summed E-state index contributed by atoms with van der Waals surface area (Å²) in [5.41, 5.74) is 5.07. The number of nitrogens with zero attached hydrogens (tertiary/aromatic N) is 4. The SMILES string of the molecule is CN1C=CN(c2[c-]c(N(c3[c-]c(Oc4ccccn4)ccc3)c3ccccc3)cc3oc4ccccc4c23)[CH-]1.[Pt]. The van der Waals surface area contributed by atoms with Crippen molar-refractivity contribution in [1.82, 2.24) is 9.88 Å². The van der Waals surface area contributed by atoms with Crippen molar-refractivity contribution in [1.29, 1.82) is 0 Å². The Bertz CT molecular complexity index is 1800. The number of ether oxygens (including phenoxy) is 1. The molecule has 4 aromatic carbocycles. The van der Waals surface area contributed by atoms with Gasteiger partial charge in [-0.2, -0.15) is 12.7 Å². The summed E-state index contributed by atoms with van der Waals surface area (Å²) in [7, 11) is 2.00. The summed E-state index contributed by atoms with van der Waals surface area (Å²) in [6.45, 7) is 2.02. The van der Waals surface area contributed by atoms with Crippen LogP contribution in [-0.4, -0.2) is 16.9 Å². The first kappa shape index (κ1) is 25.7. The van der Waals surface area contributed by atoms with Gasteiger partial charge < -0.3 is 23.9 Å². The van der Waals surface area contributed by atoms with E-state index < -0.39 is 0 Å². The molecule has 2 aromatic heterocycles. The van der Waals surface area contributed by atoms with Crippen LogP contribution in [0.4, 0.5) is 22.7 Å². The molecular formula is C33H23N4O2Pt-3. The molecule has 0 bridgehead atoms. The van der Waals surface area contributed by atoms with E-state index in [0.29, 0.717) is 11.6 Å². The minimum absolute atomic E-state index is 0. The zero-order valence-corrected chi connectivity index (χ0v) is 23.7. The van der Waals surface area contributed by atoms with Gasteiger partial charge in [-0.05, 0) is 49.1 Å². The number of anilines is 4. The molecular weight excluding hydrogens is 679 g/mol. The molecule has 0 fully saturated rings. The summed E-state index contributed by atoms with van der Waals surface area (Å²) in [6.07, 6.45) is 5.74. The van der Waals surface area contributed by atoms with Crippen molar-refractivity contribution in [3.8, 4) is 11.6 Å². The normalized spacial score (nSPS) is 12.6. The van der Waals surface area contributed by atoms with Crippen LogP contribution >= 0.6 is 0 Å². The van der Waals surface area contributed by atoms with Gasteiger partial charge in [-0.15, -0.1) is 30.3 Å². The van der Waals surface area contributed by atoms with E-state index in [1.54, 1.807) is 6.20 Å². The van der Waals surface area contributed by atoms with Crippen molar-refractivity contribution < 1.29 is 30.2 Å². The van der Waals surface area contributed by atoms with E-state index in [1.165, 1.54) is 0 Å². The molecule has 0 spiro atoms. The predicted molar refractivity (Wildman–Crippen MR) is 154 cm³/mol. The van der Waals surface area contributed by atoms with Crippen LogP contribution in [0.3, 0.4) is 0 Å². The third-order valence-corrected chi connectivity index (χ3v) is 6.50. The first-order valence-electron chi connectivity index (χ1n) is 12.6. The van der Waals surface area contributed by atoms with Crippen LogP contribution in [0.5, 0.6) is 11.6 Å². The molecule has 6 nitrogen and oxygen atoms in total. The Labute approximate surface area is 247 Å². The molecule has 0 saturated heterocycles. The second-order valence-electron chi connectivity index (χ2n) is 9.17. The molecule has 3 heterocycles. The van der Waals surface area contributed by atoms with Crippen LogP contribution in [0.2, 0.25) is 0 Å². The number of fused-ring (bicyclic) bond motifs is 3. The van der Waals surface area contributed by atoms with Crippen LogP contribution in [0.1, 0.15) is 0 Å². The molecule has 0 atom stereocenters. The fourth-order valence-corrected chi connectivity index (χ4v) is 4.78. The number of benzene rings is 4. The number of hydrogen-bond donors (Lipinski definition) is 0. The summed E-state index contributed by atoms with van der Waals surface area (Å²) >= 11 is 0. The largest absolute Gasteiger partial charge is 0.510 e. The molecule has 1 aliphatic rings. The fraction of sp³-hybridized carbons (Fsp3) is 0.0303. The number of hydrogen-bond acceptors (Lipinski definition) is 6. The van der Waals surface area contributed by atoms with E-state index in [-0.39, 0.29) is 21.1 Å². The number of para-hydroxylation sites is 2. The molecule has 0 N–H and O–H groups in total. The first-order chi connectivity index (χ1) is 19.2. The summed E-state index contributed by atoms with van der Waals surface area (Å²) in [4.78, 5) is 10.5. The van der Waals surface area contributed by atoms with Gasteiger partial charge in [0, 0.05) is 50.3 Å². The second kappa shape index (κ2) is 10.9. The second-order valence-corrected chi connectivity index (χ2v) is 9.17. The molecule has 1 aliphatic heterocycles. The first-order valence-corrected chi connectivity index (χ1v) is 12.6. The van der Waals surface area contributed by atoms with Crippen LogP contribution in [0, 0.1) is 18.8 Å². The third-order valence-electron chi connectivity index (χ3n) is 6.50. The Kier molecular flexibility index (Phi) is 7.02. The molecule has 0 amide bonds. The Morgan fingerprint density at radius 3 is 2.45 bits per heavy atom. The van der Waals surface area contributed by atoms with E-state index >= 15 is 0 Å². The molecule has 7 rings (SSSR count). The van der Waals surface area contributed by atoms with Crippen LogP contribution in [0.15, 0.2) is 120 Å². The Balaban J connectivity index is 0.00000289. The molecule has 200 valence electrons. The van der Waals surface area contributed by atoms with Gasteiger partial charge in [-0.25, -0.2) is 4.98 Å². The van der Waals surface area contributed by atoms with Crippen LogP contribution in [-0.2, 0) is 21.1 Å². The van der Waals surface area contributed by atoms with E-state index in [9.17, 15) is 0 Å². The predicted octanol–water partition coefficient (Wildman–Crippen LogP) is 8.18. The monoisotopic (exact) mass is 702 g/mol. The fourth-order valence-electron chi connectivity index (χ4n) is 4.78. The maximum atomic E-state index is 6.38. The summed E-state index contributed by atoms with van der Waals surface area (Å²) in [5.74, 6) is 1.07. The number of rotatable bonds is 6. The molecule has 0 unspecified atom stereocenters. The van der Waals surface area contributed by atoms with Crippen molar-refractivity contribution in [2.24, 2.45) is 0 Å². The molecule has 40 heavy (non-hydrogen) atoms. The van der Waals surface area contributed by atoms with Crippen molar-refractivity contribution in [3.63, 3.8) is 0 Å². The van der Waals surface area contributed by atoms with Gasteiger partial charge in [0.05, 0.1) is 0 Å². The molecule has 0 saturated carbocycles. The van der Waals surface area contributed by atoms with E-state index in [0.717, 1.165) is 44.7 Å². The summed E-state index contributed by atoms with van der Waals surface area (Å²) in [6, 6.07) is 38.8. The van der Waals surface area contributed by atoms with E-state index in [2.05, 4.69) is 45.1 Å². The average Bonchev–Trinajstić information content (AvgIpc) is 3.57. The van der Waals surface area contributed by atoms with Gasteiger partial charge in [0.1, 0.15) is 5.58 Å². The van der Waals surface area contributed by atoms with Crippen molar-refractivity contribution in [3.05, 3.63) is 134 Å². The molecule has 6 aromatic rings. The maximum Gasteiger partial charge on any atom is 0.216 e. The number of furan rings is 1. The molecule has 7 heteroatoms. The minimum atomic E-state index is 0. The van der Waals surface area contributed by atoms with Crippen molar-refractivity contribution in [2.45, 2.75) is 0 Å². The zero-order valence-electron chi connectivity index (χ0n) is 21.5. The average molecular weight is 703 g/mol.